The number of methoxy groups -OCH3 is 1. The van der Waals surface area contributed by atoms with Crippen LogP contribution in [0, 0.1) is 13.8 Å². The van der Waals surface area contributed by atoms with Crippen LogP contribution < -0.4 is 10.1 Å². The van der Waals surface area contributed by atoms with Gasteiger partial charge in [-0.15, -0.1) is 0 Å². The molecule has 0 aromatic heterocycles. The molecule has 1 aliphatic rings. The Labute approximate surface area is 124 Å². The monoisotopic (exact) mass is 287 g/mol. The zero-order valence-electron chi connectivity index (χ0n) is 12.0. The zero-order valence-corrected chi connectivity index (χ0v) is 12.7. The van der Waals surface area contributed by atoms with Gasteiger partial charge in [-0.1, -0.05) is 35.4 Å². The standard InChI is InChI=1S/C17H18ClNO/c1-10-4-7-16(20-3)13(8-10)15-9-12-14(18)6-5-11(2)17(12)19-15/h4-8,15,19H,9H2,1-3H3. The van der Waals surface area contributed by atoms with E-state index in [0.29, 0.717) is 0 Å². The topological polar surface area (TPSA) is 21.3 Å². The molecule has 3 heteroatoms. The first-order valence-corrected chi connectivity index (χ1v) is 7.17. The summed E-state index contributed by atoms with van der Waals surface area (Å²) in [6.45, 7) is 4.21. The van der Waals surface area contributed by atoms with E-state index >= 15 is 0 Å². The van der Waals surface area contributed by atoms with Crippen molar-refractivity contribution in [2.45, 2.75) is 26.3 Å². The minimum Gasteiger partial charge on any atom is -0.496 e. The van der Waals surface area contributed by atoms with Crippen molar-refractivity contribution in [2.24, 2.45) is 0 Å². The second-order valence-corrected chi connectivity index (χ2v) is 5.77. The van der Waals surface area contributed by atoms with Crippen LogP contribution in [0.5, 0.6) is 5.75 Å². The molecule has 0 spiro atoms. The maximum absolute atomic E-state index is 6.33. The van der Waals surface area contributed by atoms with Gasteiger partial charge in [0.15, 0.2) is 0 Å². The Morgan fingerprint density at radius 3 is 2.70 bits per heavy atom. The first kappa shape index (κ1) is 13.3. The van der Waals surface area contributed by atoms with Gasteiger partial charge in [0.1, 0.15) is 5.75 Å². The van der Waals surface area contributed by atoms with Crippen molar-refractivity contribution in [2.75, 3.05) is 12.4 Å². The molecule has 2 aromatic carbocycles. The second kappa shape index (κ2) is 5.02. The first-order chi connectivity index (χ1) is 9.60. The predicted molar refractivity (Wildman–Crippen MR) is 84.0 cm³/mol. The van der Waals surface area contributed by atoms with Crippen molar-refractivity contribution < 1.29 is 4.74 Å². The molecular formula is C17H18ClNO. The molecule has 0 fully saturated rings. The number of fused-ring (bicyclic) bond motifs is 1. The Balaban J connectivity index is 2.02. The number of aryl methyl sites for hydroxylation is 2. The van der Waals surface area contributed by atoms with E-state index in [1.807, 2.05) is 12.1 Å². The summed E-state index contributed by atoms with van der Waals surface area (Å²) in [4.78, 5) is 0. The Morgan fingerprint density at radius 1 is 1.20 bits per heavy atom. The summed E-state index contributed by atoms with van der Waals surface area (Å²) in [6, 6.07) is 10.5. The highest BCUT2D eigenvalue weighted by atomic mass is 35.5. The van der Waals surface area contributed by atoms with Crippen LogP contribution in [0.25, 0.3) is 0 Å². The van der Waals surface area contributed by atoms with Crippen LogP contribution in [0.15, 0.2) is 30.3 Å². The number of hydrogen-bond donors (Lipinski definition) is 1. The molecule has 1 aliphatic heterocycles. The van der Waals surface area contributed by atoms with Crippen LogP contribution in [0.4, 0.5) is 5.69 Å². The van der Waals surface area contributed by atoms with Crippen LogP contribution in [0.1, 0.15) is 28.3 Å². The van der Waals surface area contributed by atoms with Crippen molar-refractivity contribution in [3.63, 3.8) is 0 Å². The highest BCUT2D eigenvalue weighted by Crippen LogP contribution is 2.42. The maximum atomic E-state index is 6.33. The van der Waals surface area contributed by atoms with E-state index < -0.39 is 0 Å². The van der Waals surface area contributed by atoms with Gasteiger partial charge in [0, 0.05) is 22.7 Å². The van der Waals surface area contributed by atoms with Crippen molar-refractivity contribution in [1.82, 2.24) is 0 Å². The molecule has 0 bridgehead atoms. The molecule has 2 aromatic rings. The predicted octanol–water partition coefficient (Wildman–Crippen LogP) is 4.67. The van der Waals surface area contributed by atoms with Crippen molar-refractivity contribution in [3.05, 3.63) is 57.6 Å². The molecule has 20 heavy (non-hydrogen) atoms. The highest BCUT2D eigenvalue weighted by Gasteiger charge is 2.27. The number of nitrogens with one attached hydrogen (secondary N) is 1. The van der Waals surface area contributed by atoms with E-state index in [9.17, 15) is 0 Å². The fourth-order valence-corrected chi connectivity index (χ4v) is 3.12. The van der Waals surface area contributed by atoms with Gasteiger partial charge in [0.2, 0.25) is 0 Å². The van der Waals surface area contributed by atoms with Gasteiger partial charge in [-0.05, 0) is 37.1 Å². The third-order valence-electron chi connectivity index (χ3n) is 3.95. The lowest BCUT2D eigenvalue weighted by atomic mass is 9.99. The lowest BCUT2D eigenvalue weighted by molar-refractivity contribution is 0.407. The first-order valence-electron chi connectivity index (χ1n) is 6.79. The van der Waals surface area contributed by atoms with Crippen LogP contribution in [0.3, 0.4) is 0 Å². The Morgan fingerprint density at radius 2 is 2.00 bits per heavy atom. The molecule has 2 nitrogen and oxygen atoms in total. The van der Waals surface area contributed by atoms with Crippen LogP contribution in [-0.2, 0) is 6.42 Å². The molecule has 1 unspecified atom stereocenters. The third kappa shape index (κ3) is 2.14. The van der Waals surface area contributed by atoms with E-state index in [1.165, 1.54) is 27.9 Å². The molecule has 1 heterocycles. The molecule has 0 saturated carbocycles. The number of halogens is 1. The Hall–Kier alpha value is -1.67. The normalized spacial score (nSPS) is 16.7. The van der Waals surface area contributed by atoms with Crippen LogP contribution in [0.2, 0.25) is 5.02 Å². The van der Waals surface area contributed by atoms with Gasteiger partial charge < -0.3 is 10.1 Å². The van der Waals surface area contributed by atoms with Crippen molar-refractivity contribution in [1.29, 1.82) is 0 Å². The van der Waals surface area contributed by atoms with Gasteiger partial charge in [-0.3, -0.25) is 0 Å². The number of hydrogen-bond acceptors (Lipinski definition) is 2. The smallest absolute Gasteiger partial charge is 0.124 e. The quantitative estimate of drug-likeness (QED) is 0.866. The van der Waals surface area contributed by atoms with Gasteiger partial charge in [0.05, 0.1) is 13.2 Å². The van der Waals surface area contributed by atoms with Crippen molar-refractivity contribution in [3.8, 4) is 5.75 Å². The third-order valence-corrected chi connectivity index (χ3v) is 4.31. The molecular weight excluding hydrogens is 270 g/mol. The van der Waals surface area contributed by atoms with E-state index in [-0.39, 0.29) is 6.04 Å². The largest absolute Gasteiger partial charge is 0.496 e. The molecule has 104 valence electrons. The molecule has 3 rings (SSSR count). The number of rotatable bonds is 2. The molecule has 1 atom stereocenters. The average Bonchev–Trinajstić information content (AvgIpc) is 2.89. The molecule has 0 saturated heterocycles. The number of benzene rings is 2. The summed E-state index contributed by atoms with van der Waals surface area (Å²) in [6.07, 6.45) is 0.898. The lowest BCUT2D eigenvalue weighted by Gasteiger charge is -2.16. The zero-order chi connectivity index (χ0) is 14.3. The maximum Gasteiger partial charge on any atom is 0.124 e. The molecule has 0 amide bonds. The minimum absolute atomic E-state index is 0.221. The summed E-state index contributed by atoms with van der Waals surface area (Å²) in [5.41, 5.74) is 6.05. The summed E-state index contributed by atoms with van der Waals surface area (Å²) >= 11 is 6.33. The van der Waals surface area contributed by atoms with Gasteiger partial charge in [0.25, 0.3) is 0 Å². The minimum atomic E-state index is 0.221. The average molecular weight is 288 g/mol. The van der Waals surface area contributed by atoms with Crippen LogP contribution in [-0.4, -0.2) is 7.11 Å². The number of anilines is 1. The van der Waals surface area contributed by atoms with E-state index in [0.717, 1.165) is 17.2 Å². The molecule has 1 N–H and O–H groups in total. The van der Waals surface area contributed by atoms with E-state index in [1.54, 1.807) is 7.11 Å². The second-order valence-electron chi connectivity index (χ2n) is 5.36. The Bertz CT molecular complexity index is 635. The fraction of sp³-hybridized carbons (Fsp3) is 0.294. The Kier molecular flexibility index (Phi) is 3.35. The SMILES string of the molecule is COc1ccc(C)cc1C1Cc2c(Cl)ccc(C)c2N1. The van der Waals surface area contributed by atoms with E-state index in [2.05, 4.69) is 37.4 Å². The van der Waals surface area contributed by atoms with Gasteiger partial charge >= 0.3 is 0 Å². The summed E-state index contributed by atoms with van der Waals surface area (Å²) in [5, 5.41) is 4.44. The molecule has 0 aliphatic carbocycles. The summed E-state index contributed by atoms with van der Waals surface area (Å²) in [7, 11) is 1.72. The van der Waals surface area contributed by atoms with Crippen molar-refractivity contribution >= 4 is 17.3 Å². The van der Waals surface area contributed by atoms with Gasteiger partial charge in [-0.25, -0.2) is 0 Å². The van der Waals surface area contributed by atoms with E-state index in [4.69, 9.17) is 16.3 Å². The van der Waals surface area contributed by atoms with Gasteiger partial charge in [-0.2, -0.15) is 0 Å². The summed E-state index contributed by atoms with van der Waals surface area (Å²) < 4.78 is 5.50. The summed E-state index contributed by atoms with van der Waals surface area (Å²) in [5.74, 6) is 0.926. The number of ether oxygens (including phenoxy) is 1. The highest BCUT2D eigenvalue weighted by molar-refractivity contribution is 6.31. The lowest BCUT2D eigenvalue weighted by Crippen LogP contribution is -2.08. The fourth-order valence-electron chi connectivity index (χ4n) is 2.88. The molecule has 0 radical (unpaired) electrons. The van der Waals surface area contributed by atoms with Crippen LogP contribution >= 0.6 is 11.6 Å².